The van der Waals surface area contributed by atoms with Crippen LogP contribution in [0.4, 0.5) is 0 Å². The van der Waals surface area contributed by atoms with E-state index in [1.807, 2.05) is 24.6 Å². The maximum absolute atomic E-state index is 11.6. The Morgan fingerprint density at radius 2 is 2.22 bits per heavy atom. The van der Waals surface area contributed by atoms with Gasteiger partial charge in [0.25, 0.3) is 0 Å². The SMILES string of the molecule is CCn1ccnc1Cn1c(C(=O)OC)cnc1C. The van der Waals surface area contributed by atoms with Crippen LogP contribution in [0, 0.1) is 6.92 Å². The molecule has 0 saturated heterocycles. The Balaban J connectivity index is 2.34. The molecule has 2 aromatic heterocycles. The van der Waals surface area contributed by atoms with Crippen molar-refractivity contribution in [2.45, 2.75) is 26.9 Å². The topological polar surface area (TPSA) is 61.9 Å². The Morgan fingerprint density at radius 3 is 2.89 bits per heavy atom. The van der Waals surface area contributed by atoms with Crippen molar-refractivity contribution < 1.29 is 9.53 Å². The number of rotatable bonds is 4. The van der Waals surface area contributed by atoms with Gasteiger partial charge >= 0.3 is 5.97 Å². The molecular formula is C12H16N4O2. The summed E-state index contributed by atoms with van der Waals surface area (Å²) >= 11 is 0. The quantitative estimate of drug-likeness (QED) is 0.764. The van der Waals surface area contributed by atoms with Gasteiger partial charge in [0.05, 0.1) is 19.9 Å². The minimum Gasteiger partial charge on any atom is -0.464 e. The van der Waals surface area contributed by atoms with Crippen molar-refractivity contribution in [1.29, 1.82) is 0 Å². The molecular weight excluding hydrogens is 232 g/mol. The number of carbonyl (C=O) groups excluding carboxylic acids is 1. The van der Waals surface area contributed by atoms with E-state index < -0.39 is 0 Å². The molecule has 0 fully saturated rings. The van der Waals surface area contributed by atoms with Crippen molar-refractivity contribution in [3.05, 3.63) is 35.9 Å². The molecule has 18 heavy (non-hydrogen) atoms. The first-order chi connectivity index (χ1) is 8.67. The highest BCUT2D eigenvalue weighted by molar-refractivity contribution is 5.87. The summed E-state index contributed by atoms with van der Waals surface area (Å²) in [7, 11) is 1.36. The fourth-order valence-corrected chi connectivity index (χ4v) is 1.86. The summed E-state index contributed by atoms with van der Waals surface area (Å²) in [5, 5.41) is 0. The van der Waals surface area contributed by atoms with Gasteiger partial charge in [-0.05, 0) is 13.8 Å². The summed E-state index contributed by atoms with van der Waals surface area (Å²) in [5.41, 5.74) is 0.445. The highest BCUT2D eigenvalue weighted by Gasteiger charge is 2.16. The highest BCUT2D eigenvalue weighted by atomic mass is 16.5. The van der Waals surface area contributed by atoms with Crippen LogP contribution in [-0.2, 0) is 17.8 Å². The summed E-state index contributed by atoms with van der Waals surface area (Å²) in [6.45, 7) is 5.26. The number of hydrogen-bond acceptors (Lipinski definition) is 4. The fourth-order valence-electron chi connectivity index (χ4n) is 1.86. The molecule has 0 unspecified atom stereocenters. The summed E-state index contributed by atoms with van der Waals surface area (Å²) < 4.78 is 8.57. The van der Waals surface area contributed by atoms with Crippen LogP contribution < -0.4 is 0 Å². The minimum atomic E-state index is -0.384. The zero-order chi connectivity index (χ0) is 13.1. The predicted octanol–water partition coefficient (Wildman–Crippen LogP) is 1.24. The summed E-state index contributed by atoms with van der Waals surface area (Å²) in [6, 6.07) is 0. The van der Waals surface area contributed by atoms with E-state index in [1.54, 1.807) is 10.8 Å². The lowest BCUT2D eigenvalue weighted by atomic mass is 10.4. The Labute approximate surface area is 105 Å². The van der Waals surface area contributed by atoms with Crippen molar-refractivity contribution in [3.8, 4) is 0 Å². The molecule has 96 valence electrons. The van der Waals surface area contributed by atoms with Crippen LogP contribution >= 0.6 is 0 Å². The summed E-state index contributed by atoms with van der Waals surface area (Å²) in [5.74, 6) is 1.27. The number of aryl methyl sites for hydroxylation is 2. The van der Waals surface area contributed by atoms with Crippen LogP contribution in [0.15, 0.2) is 18.6 Å². The first-order valence-corrected chi connectivity index (χ1v) is 5.77. The molecule has 0 spiro atoms. The Bertz CT molecular complexity index is 556. The van der Waals surface area contributed by atoms with E-state index in [2.05, 4.69) is 9.97 Å². The molecule has 6 nitrogen and oxygen atoms in total. The molecule has 0 radical (unpaired) electrons. The van der Waals surface area contributed by atoms with Gasteiger partial charge in [-0.3, -0.25) is 0 Å². The normalized spacial score (nSPS) is 10.6. The van der Waals surface area contributed by atoms with Gasteiger partial charge in [-0.2, -0.15) is 0 Å². The van der Waals surface area contributed by atoms with Gasteiger partial charge in [0, 0.05) is 18.9 Å². The summed E-state index contributed by atoms with van der Waals surface area (Å²) in [4.78, 5) is 20.1. The second-order valence-corrected chi connectivity index (χ2v) is 3.90. The predicted molar refractivity (Wildman–Crippen MR) is 65.3 cm³/mol. The summed E-state index contributed by atoms with van der Waals surface area (Å²) in [6.07, 6.45) is 5.20. The molecule has 2 aromatic rings. The van der Waals surface area contributed by atoms with Crippen molar-refractivity contribution in [2.24, 2.45) is 0 Å². The van der Waals surface area contributed by atoms with Crippen molar-refractivity contribution >= 4 is 5.97 Å². The third kappa shape index (κ3) is 2.13. The highest BCUT2D eigenvalue weighted by Crippen LogP contribution is 2.10. The van der Waals surface area contributed by atoms with Gasteiger partial charge in [-0.25, -0.2) is 14.8 Å². The Morgan fingerprint density at radius 1 is 1.44 bits per heavy atom. The lowest BCUT2D eigenvalue weighted by Gasteiger charge is -2.10. The molecule has 0 aliphatic carbocycles. The maximum Gasteiger partial charge on any atom is 0.356 e. The smallest absolute Gasteiger partial charge is 0.356 e. The number of nitrogens with zero attached hydrogens (tertiary/aromatic N) is 4. The van der Waals surface area contributed by atoms with Crippen LogP contribution in [-0.4, -0.2) is 32.2 Å². The first kappa shape index (κ1) is 12.3. The number of methoxy groups -OCH3 is 1. The molecule has 0 aliphatic rings. The van der Waals surface area contributed by atoms with Crippen LogP contribution in [0.1, 0.15) is 29.1 Å². The fraction of sp³-hybridized carbons (Fsp3) is 0.417. The average Bonchev–Trinajstić information content (AvgIpc) is 2.97. The number of imidazole rings is 2. The standard InChI is InChI=1S/C12H16N4O2/c1-4-15-6-5-13-11(15)8-16-9(2)14-7-10(16)12(17)18-3/h5-7H,4,8H2,1-3H3. The van der Waals surface area contributed by atoms with Gasteiger partial charge in [-0.1, -0.05) is 0 Å². The molecule has 0 amide bonds. The van der Waals surface area contributed by atoms with E-state index in [0.717, 1.165) is 18.2 Å². The van der Waals surface area contributed by atoms with Gasteiger partial charge in [-0.15, -0.1) is 0 Å². The van der Waals surface area contributed by atoms with Gasteiger partial charge in [0.15, 0.2) is 0 Å². The first-order valence-electron chi connectivity index (χ1n) is 5.77. The molecule has 0 saturated carbocycles. The Hall–Kier alpha value is -2.11. The number of carbonyl (C=O) groups is 1. The number of ether oxygens (including phenoxy) is 1. The third-order valence-electron chi connectivity index (χ3n) is 2.89. The lowest BCUT2D eigenvalue weighted by Crippen LogP contribution is -2.15. The van der Waals surface area contributed by atoms with E-state index >= 15 is 0 Å². The van der Waals surface area contributed by atoms with Crippen LogP contribution in [0.2, 0.25) is 0 Å². The van der Waals surface area contributed by atoms with E-state index in [-0.39, 0.29) is 5.97 Å². The van der Waals surface area contributed by atoms with Crippen LogP contribution in [0.25, 0.3) is 0 Å². The Kier molecular flexibility index (Phi) is 3.45. The monoisotopic (exact) mass is 248 g/mol. The van der Waals surface area contributed by atoms with E-state index in [0.29, 0.717) is 12.2 Å². The molecule has 2 heterocycles. The minimum absolute atomic E-state index is 0.384. The molecule has 0 bridgehead atoms. The van der Waals surface area contributed by atoms with Crippen LogP contribution in [0.3, 0.4) is 0 Å². The van der Waals surface area contributed by atoms with E-state index in [9.17, 15) is 4.79 Å². The average molecular weight is 248 g/mol. The van der Waals surface area contributed by atoms with Crippen molar-refractivity contribution in [2.75, 3.05) is 7.11 Å². The zero-order valence-corrected chi connectivity index (χ0v) is 10.8. The van der Waals surface area contributed by atoms with E-state index in [1.165, 1.54) is 13.3 Å². The molecule has 0 aromatic carbocycles. The maximum atomic E-state index is 11.6. The van der Waals surface area contributed by atoms with Crippen molar-refractivity contribution in [3.63, 3.8) is 0 Å². The third-order valence-corrected chi connectivity index (χ3v) is 2.89. The van der Waals surface area contributed by atoms with Crippen LogP contribution in [0.5, 0.6) is 0 Å². The largest absolute Gasteiger partial charge is 0.464 e. The second-order valence-electron chi connectivity index (χ2n) is 3.90. The molecule has 0 atom stereocenters. The number of aromatic nitrogens is 4. The molecule has 2 rings (SSSR count). The lowest BCUT2D eigenvalue weighted by molar-refractivity contribution is 0.0588. The van der Waals surface area contributed by atoms with Gasteiger partial charge in [0.1, 0.15) is 17.3 Å². The zero-order valence-electron chi connectivity index (χ0n) is 10.8. The molecule has 0 aliphatic heterocycles. The molecule has 0 N–H and O–H groups in total. The van der Waals surface area contributed by atoms with Crippen molar-refractivity contribution in [1.82, 2.24) is 19.1 Å². The van der Waals surface area contributed by atoms with Gasteiger partial charge in [0.2, 0.25) is 0 Å². The van der Waals surface area contributed by atoms with Gasteiger partial charge < -0.3 is 13.9 Å². The second kappa shape index (κ2) is 5.03. The number of hydrogen-bond donors (Lipinski definition) is 0. The number of esters is 1. The van der Waals surface area contributed by atoms with E-state index in [4.69, 9.17) is 4.74 Å². The molecule has 6 heteroatoms.